The fraction of sp³-hybridized carbons (Fsp3) is 0.500. The fourth-order valence-corrected chi connectivity index (χ4v) is 0.494. The van der Waals surface area contributed by atoms with E-state index in [1.54, 1.807) is 0 Å². The zero-order valence-corrected chi connectivity index (χ0v) is 4.79. The number of rotatable bonds is 2. The summed E-state index contributed by atoms with van der Waals surface area (Å²) in [5.41, 5.74) is 5.19. The molecule has 1 rings (SSSR count). The molecule has 0 atom stereocenters. The van der Waals surface area contributed by atoms with Crippen LogP contribution in [0.15, 0.2) is 6.20 Å². The first-order chi connectivity index (χ1) is 4.33. The predicted molar refractivity (Wildman–Crippen MR) is 30.4 cm³/mol. The Balaban J connectivity index is 2.61. The van der Waals surface area contributed by atoms with Crippen molar-refractivity contribution in [2.45, 2.75) is 6.54 Å². The largest absolute Gasteiger partial charge is 0.381 e. The van der Waals surface area contributed by atoms with Crippen molar-refractivity contribution in [3.8, 4) is 0 Å². The Morgan fingerprint density at radius 3 is 3.00 bits per heavy atom. The van der Waals surface area contributed by atoms with E-state index in [9.17, 15) is 4.39 Å². The van der Waals surface area contributed by atoms with E-state index in [-0.39, 0.29) is 6.54 Å². The third-order valence-corrected chi connectivity index (χ3v) is 0.839. The summed E-state index contributed by atoms with van der Waals surface area (Å²) in [7, 11) is 0. The second-order valence-corrected chi connectivity index (χ2v) is 1.55. The third-order valence-electron chi connectivity index (χ3n) is 0.839. The molecule has 0 bridgehead atoms. The molecule has 50 valence electrons. The van der Waals surface area contributed by atoms with Crippen LogP contribution in [0.3, 0.4) is 0 Å². The van der Waals surface area contributed by atoms with Gasteiger partial charge in [0.25, 0.3) is 0 Å². The summed E-state index contributed by atoms with van der Waals surface area (Å²) >= 11 is 0. The maximum absolute atomic E-state index is 11.5. The van der Waals surface area contributed by atoms with Gasteiger partial charge in [0.1, 0.15) is 6.67 Å². The lowest BCUT2D eigenvalue weighted by Crippen LogP contribution is -2.03. The zero-order valence-electron chi connectivity index (χ0n) is 4.79. The smallest absolute Gasteiger partial charge is 0.165 e. The van der Waals surface area contributed by atoms with Gasteiger partial charge in [-0.2, -0.15) is 9.90 Å². The van der Waals surface area contributed by atoms with Gasteiger partial charge in [-0.25, -0.2) is 4.39 Å². The summed E-state index contributed by atoms with van der Waals surface area (Å²) in [5.74, 6) is 0.323. The second kappa shape index (κ2) is 2.43. The molecule has 0 aliphatic rings. The highest BCUT2D eigenvalue weighted by Crippen LogP contribution is 1.89. The average molecular weight is 130 g/mol. The summed E-state index contributed by atoms with van der Waals surface area (Å²) in [6, 6.07) is 0. The van der Waals surface area contributed by atoms with E-state index in [0.717, 1.165) is 0 Å². The van der Waals surface area contributed by atoms with Crippen LogP contribution in [-0.4, -0.2) is 21.7 Å². The summed E-state index contributed by atoms with van der Waals surface area (Å²) in [6.07, 6.45) is 1.38. The molecule has 0 aliphatic carbocycles. The lowest BCUT2D eigenvalue weighted by Gasteiger charge is -1.89. The van der Waals surface area contributed by atoms with Crippen LogP contribution in [0.1, 0.15) is 0 Å². The van der Waals surface area contributed by atoms with Crippen LogP contribution in [0.2, 0.25) is 0 Å². The number of hydrogen-bond acceptors (Lipinski definition) is 3. The lowest BCUT2D eigenvalue weighted by molar-refractivity contribution is 0.402. The molecule has 2 N–H and O–H groups in total. The number of alkyl halides is 1. The summed E-state index contributed by atoms with van der Waals surface area (Å²) in [6.45, 7) is -0.286. The highest BCUT2D eigenvalue weighted by Gasteiger charge is 1.92. The van der Waals surface area contributed by atoms with Crippen molar-refractivity contribution in [3.63, 3.8) is 0 Å². The second-order valence-electron chi connectivity index (χ2n) is 1.55. The quantitative estimate of drug-likeness (QED) is 0.604. The highest BCUT2D eigenvalue weighted by molar-refractivity contribution is 5.19. The van der Waals surface area contributed by atoms with Gasteiger partial charge in [0.15, 0.2) is 5.82 Å². The first kappa shape index (κ1) is 6.00. The first-order valence-electron chi connectivity index (χ1n) is 2.54. The molecular formula is C4H7FN4. The van der Waals surface area contributed by atoms with E-state index in [1.807, 2.05) is 0 Å². The summed E-state index contributed by atoms with van der Waals surface area (Å²) in [5, 5.41) is 7.29. The number of aromatic nitrogens is 3. The van der Waals surface area contributed by atoms with Gasteiger partial charge >= 0.3 is 0 Å². The van der Waals surface area contributed by atoms with Gasteiger partial charge in [0.2, 0.25) is 0 Å². The number of anilines is 1. The number of nitrogen functional groups attached to an aromatic ring is 1. The van der Waals surface area contributed by atoms with Gasteiger partial charge < -0.3 is 5.73 Å². The van der Waals surface area contributed by atoms with Gasteiger partial charge in [0, 0.05) is 0 Å². The number of nitrogens with two attached hydrogens (primary N) is 1. The molecule has 0 aromatic carbocycles. The topological polar surface area (TPSA) is 56.7 Å². The molecule has 0 amide bonds. The maximum atomic E-state index is 11.5. The van der Waals surface area contributed by atoms with E-state index in [0.29, 0.717) is 5.82 Å². The number of aryl methyl sites for hydroxylation is 1. The van der Waals surface area contributed by atoms with Crippen LogP contribution in [-0.2, 0) is 6.54 Å². The SMILES string of the molecule is Nc1cnn(CCF)n1. The Hall–Kier alpha value is -1.13. The van der Waals surface area contributed by atoms with Crippen LogP contribution in [0.25, 0.3) is 0 Å². The van der Waals surface area contributed by atoms with Gasteiger partial charge in [-0.05, 0) is 0 Å². The van der Waals surface area contributed by atoms with Crippen LogP contribution < -0.4 is 5.73 Å². The number of nitrogens with zero attached hydrogens (tertiary/aromatic N) is 3. The molecule has 4 nitrogen and oxygen atoms in total. The molecule has 0 radical (unpaired) electrons. The average Bonchev–Trinajstić information content (AvgIpc) is 2.17. The maximum Gasteiger partial charge on any atom is 0.165 e. The Morgan fingerprint density at radius 1 is 1.78 bits per heavy atom. The molecule has 0 fully saturated rings. The van der Waals surface area contributed by atoms with Gasteiger partial charge in [0.05, 0.1) is 12.7 Å². The molecule has 9 heavy (non-hydrogen) atoms. The van der Waals surface area contributed by atoms with Crippen molar-refractivity contribution in [1.29, 1.82) is 0 Å². The third kappa shape index (κ3) is 1.38. The lowest BCUT2D eigenvalue weighted by atomic mass is 10.8. The first-order valence-corrected chi connectivity index (χ1v) is 2.54. The molecule has 5 heteroatoms. The van der Waals surface area contributed by atoms with Crippen molar-refractivity contribution < 1.29 is 4.39 Å². The van der Waals surface area contributed by atoms with Crippen molar-refractivity contribution in [1.82, 2.24) is 15.0 Å². The monoisotopic (exact) mass is 130 g/mol. The van der Waals surface area contributed by atoms with E-state index in [4.69, 9.17) is 5.73 Å². The van der Waals surface area contributed by atoms with Gasteiger partial charge in [-0.3, -0.25) is 0 Å². The molecule has 1 aromatic rings. The highest BCUT2D eigenvalue weighted by atomic mass is 19.1. The molecular weight excluding hydrogens is 123 g/mol. The van der Waals surface area contributed by atoms with Gasteiger partial charge in [-0.15, -0.1) is 5.10 Å². The van der Waals surface area contributed by atoms with E-state index in [1.165, 1.54) is 11.0 Å². The van der Waals surface area contributed by atoms with E-state index in [2.05, 4.69) is 10.2 Å². The molecule has 1 heterocycles. The fourth-order valence-electron chi connectivity index (χ4n) is 0.494. The predicted octanol–water partition coefficient (Wildman–Crippen LogP) is -0.170. The molecule has 1 aromatic heterocycles. The summed E-state index contributed by atoms with van der Waals surface area (Å²) < 4.78 is 11.5. The molecule has 0 spiro atoms. The standard InChI is InChI=1S/C4H7FN4/c5-1-2-9-7-3-4(6)8-9/h3H,1-2H2,(H2,6,8). The van der Waals surface area contributed by atoms with E-state index < -0.39 is 6.67 Å². The number of halogens is 1. The Bertz CT molecular complexity index is 184. The minimum absolute atomic E-state index is 0.178. The molecule has 0 unspecified atom stereocenters. The van der Waals surface area contributed by atoms with Crippen molar-refractivity contribution in [2.75, 3.05) is 12.4 Å². The van der Waals surface area contributed by atoms with Crippen LogP contribution in [0, 0.1) is 0 Å². The van der Waals surface area contributed by atoms with Crippen LogP contribution >= 0.6 is 0 Å². The van der Waals surface area contributed by atoms with E-state index >= 15 is 0 Å². The molecule has 0 aliphatic heterocycles. The zero-order chi connectivity index (χ0) is 6.69. The minimum Gasteiger partial charge on any atom is -0.381 e. The summed E-state index contributed by atoms with van der Waals surface area (Å²) in [4.78, 5) is 1.22. The van der Waals surface area contributed by atoms with Crippen molar-refractivity contribution in [3.05, 3.63) is 6.20 Å². The van der Waals surface area contributed by atoms with Crippen molar-refractivity contribution in [2.24, 2.45) is 0 Å². The normalized spacial score (nSPS) is 9.89. The Morgan fingerprint density at radius 2 is 2.56 bits per heavy atom. The van der Waals surface area contributed by atoms with Crippen LogP contribution in [0.4, 0.5) is 10.2 Å². The minimum atomic E-state index is -0.464. The Kier molecular flexibility index (Phi) is 1.62. The molecule has 0 saturated heterocycles. The van der Waals surface area contributed by atoms with Crippen molar-refractivity contribution >= 4 is 5.82 Å². The molecule has 0 saturated carbocycles. The Labute approximate surface area is 51.5 Å². The van der Waals surface area contributed by atoms with Crippen LogP contribution in [0.5, 0.6) is 0 Å². The van der Waals surface area contributed by atoms with Gasteiger partial charge in [-0.1, -0.05) is 0 Å². The number of hydrogen-bond donors (Lipinski definition) is 1.